The van der Waals surface area contributed by atoms with E-state index in [9.17, 15) is 0 Å². The van der Waals surface area contributed by atoms with Crippen LogP contribution in [0.5, 0.6) is 0 Å². The molecule has 84 valence electrons. The highest BCUT2D eigenvalue weighted by atomic mass is 15.1. The van der Waals surface area contributed by atoms with Crippen LogP contribution in [0.25, 0.3) is 5.82 Å². The van der Waals surface area contributed by atoms with Crippen molar-refractivity contribution >= 4 is 0 Å². The Hall–Kier alpha value is -1.71. The SMILES string of the molecule is CCC(C)c1cnc(-n2ccnc2C)cn1. The number of hydrogen-bond donors (Lipinski definition) is 0. The van der Waals surface area contributed by atoms with Gasteiger partial charge in [-0.15, -0.1) is 0 Å². The summed E-state index contributed by atoms with van der Waals surface area (Å²) in [4.78, 5) is 13.0. The van der Waals surface area contributed by atoms with E-state index in [4.69, 9.17) is 0 Å². The molecule has 2 heterocycles. The summed E-state index contributed by atoms with van der Waals surface area (Å²) in [5.74, 6) is 2.21. The van der Waals surface area contributed by atoms with Gasteiger partial charge in [0.15, 0.2) is 5.82 Å². The van der Waals surface area contributed by atoms with Gasteiger partial charge in [0, 0.05) is 12.4 Å². The third-order valence-electron chi connectivity index (χ3n) is 2.85. The van der Waals surface area contributed by atoms with Crippen molar-refractivity contribution in [1.82, 2.24) is 19.5 Å². The Morgan fingerprint density at radius 3 is 2.56 bits per heavy atom. The van der Waals surface area contributed by atoms with Crippen molar-refractivity contribution in [2.45, 2.75) is 33.1 Å². The van der Waals surface area contributed by atoms with Crippen LogP contribution in [0, 0.1) is 6.92 Å². The van der Waals surface area contributed by atoms with Crippen LogP contribution in [0.15, 0.2) is 24.8 Å². The molecule has 1 atom stereocenters. The summed E-state index contributed by atoms with van der Waals surface area (Å²) in [6.07, 6.45) is 8.39. The predicted molar refractivity (Wildman–Crippen MR) is 62.6 cm³/mol. The van der Waals surface area contributed by atoms with Crippen molar-refractivity contribution < 1.29 is 0 Å². The highest BCUT2D eigenvalue weighted by Gasteiger charge is 2.06. The summed E-state index contributed by atoms with van der Waals surface area (Å²) in [5.41, 5.74) is 1.05. The first-order valence-electron chi connectivity index (χ1n) is 5.54. The Morgan fingerprint density at radius 1 is 1.25 bits per heavy atom. The fourth-order valence-corrected chi connectivity index (χ4v) is 1.54. The number of aryl methyl sites for hydroxylation is 1. The van der Waals surface area contributed by atoms with Gasteiger partial charge in [-0.3, -0.25) is 9.55 Å². The van der Waals surface area contributed by atoms with Crippen LogP contribution in [0.1, 0.15) is 37.7 Å². The molecule has 1 unspecified atom stereocenters. The molecule has 0 amide bonds. The molecule has 0 saturated heterocycles. The lowest BCUT2D eigenvalue weighted by atomic mass is 10.1. The van der Waals surface area contributed by atoms with Gasteiger partial charge in [0.25, 0.3) is 0 Å². The molecule has 2 aromatic heterocycles. The third kappa shape index (κ3) is 1.96. The topological polar surface area (TPSA) is 43.6 Å². The third-order valence-corrected chi connectivity index (χ3v) is 2.85. The summed E-state index contributed by atoms with van der Waals surface area (Å²) >= 11 is 0. The highest BCUT2D eigenvalue weighted by molar-refractivity contribution is 5.22. The number of hydrogen-bond acceptors (Lipinski definition) is 3. The van der Waals surface area contributed by atoms with Crippen molar-refractivity contribution in [1.29, 1.82) is 0 Å². The first-order chi connectivity index (χ1) is 7.72. The summed E-state index contributed by atoms with van der Waals surface area (Å²) in [6, 6.07) is 0. The first-order valence-corrected chi connectivity index (χ1v) is 5.54. The van der Waals surface area contributed by atoms with Crippen LogP contribution < -0.4 is 0 Å². The Kier molecular flexibility index (Phi) is 2.99. The molecule has 16 heavy (non-hydrogen) atoms. The van der Waals surface area contributed by atoms with Crippen molar-refractivity contribution in [2.24, 2.45) is 0 Å². The monoisotopic (exact) mass is 216 g/mol. The number of imidazole rings is 1. The molecule has 0 aliphatic heterocycles. The fraction of sp³-hybridized carbons (Fsp3) is 0.417. The fourth-order valence-electron chi connectivity index (χ4n) is 1.54. The number of rotatable bonds is 3. The molecule has 0 aliphatic rings. The zero-order valence-corrected chi connectivity index (χ0v) is 9.88. The molecule has 0 radical (unpaired) electrons. The minimum atomic E-state index is 0.463. The predicted octanol–water partition coefficient (Wildman–Crippen LogP) is 2.48. The Labute approximate surface area is 95.4 Å². The van der Waals surface area contributed by atoms with Gasteiger partial charge in [0.1, 0.15) is 5.82 Å². The van der Waals surface area contributed by atoms with E-state index >= 15 is 0 Å². The Balaban J connectivity index is 2.30. The second-order valence-electron chi connectivity index (χ2n) is 3.95. The van der Waals surface area contributed by atoms with Gasteiger partial charge in [0.2, 0.25) is 0 Å². The lowest BCUT2D eigenvalue weighted by Crippen LogP contribution is -2.03. The van der Waals surface area contributed by atoms with Gasteiger partial charge >= 0.3 is 0 Å². The largest absolute Gasteiger partial charge is 0.287 e. The minimum Gasteiger partial charge on any atom is -0.287 e. The average molecular weight is 216 g/mol. The molecule has 4 heteroatoms. The maximum absolute atomic E-state index is 4.44. The van der Waals surface area contributed by atoms with E-state index in [0.717, 1.165) is 23.8 Å². The highest BCUT2D eigenvalue weighted by Crippen LogP contribution is 2.15. The molecular weight excluding hydrogens is 200 g/mol. The molecule has 4 nitrogen and oxygen atoms in total. The van der Waals surface area contributed by atoms with Gasteiger partial charge < -0.3 is 0 Å². The van der Waals surface area contributed by atoms with Crippen LogP contribution in [-0.2, 0) is 0 Å². The summed E-state index contributed by atoms with van der Waals surface area (Å²) in [6.45, 7) is 6.26. The molecule has 0 saturated carbocycles. The molecule has 0 fully saturated rings. The molecule has 0 spiro atoms. The summed E-state index contributed by atoms with van der Waals surface area (Å²) in [7, 11) is 0. The van der Waals surface area contributed by atoms with E-state index in [1.165, 1.54) is 0 Å². The zero-order chi connectivity index (χ0) is 11.5. The molecular formula is C12H16N4. The van der Waals surface area contributed by atoms with Crippen molar-refractivity contribution in [2.75, 3.05) is 0 Å². The van der Waals surface area contributed by atoms with Crippen molar-refractivity contribution in [3.63, 3.8) is 0 Å². The van der Waals surface area contributed by atoms with Crippen LogP contribution in [0.3, 0.4) is 0 Å². The molecule has 2 rings (SSSR count). The normalized spacial score (nSPS) is 12.7. The lowest BCUT2D eigenvalue weighted by Gasteiger charge is -2.08. The minimum absolute atomic E-state index is 0.463. The van der Waals surface area contributed by atoms with Crippen LogP contribution in [0.4, 0.5) is 0 Å². The van der Waals surface area contributed by atoms with Crippen LogP contribution >= 0.6 is 0 Å². The lowest BCUT2D eigenvalue weighted by molar-refractivity contribution is 0.700. The zero-order valence-electron chi connectivity index (χ0n) is 9.88. The second kappa shape index (κ2) is 4.43. The van der Waals surface area contributed by atoms with Gasteiger partial charge in [-0.05, 0) is 19.3 Å². The maximum Gasteiger partial charge on any atom is 0.156 e. The molecule has 0 aromatic carbocycles. The average Bonchev–Trinajstić information content (AvgIpc) is 2.75. The van der Waals surface area contributed by atoms with E-state index in [0.29, 0.717) is 5.92 Å². The van der Waals surface area contributed by atoms with Crippen LogP contribution in [-0.4, -0.2) is 19.5 Å². The number of aromatic nitrogens is 4. The van der Waals surface area contributed by atoms with E-state index in [1.807, 2.05) is 23.9 Å². The van der Waals surface area contributed by atoms with Gasteiger partial charge in [-0.25, -0.2) is 9.97 Å². The molecule has 2 aromatic rings. The first kappa shape index (κ1) is 10.8. The van der Waals surface area contributed by atoms with Crippen LogP contribution in [0.2, 0.25) is 0 Å². The van der Waals surface area contributed by atoms with Gasteiger partial charge in [0.05, 0.1) is 18.1 Å². The second-order valence-corrected chi connectivity index (χ2v) is 3.95. The Morgan fingerprint density at radius 2 is 2.06 bits per heavy atom. The maximum atomic E-state index is 4.44. The van der Waals surface area contributed by atoms with Crippen molar-refractivity contribution in [3.8, 4) is 5.82 Å². The van der Waals surface area contributed by atoms with E-state index in [1.54, 1.807) is 12.4 Å². The van der Waals surface area contributed by atoms with E-state index in [2.05, 4.69) is 28.8 Å². The van der Waals surface area contributed by atoms with Gasteiger partial charge in [-0.2, -0.15) is 0 Å². The van der Waals surface area contributed by atoms with Gasteiger partial charge in [-0.1, -0.05) is 13.8 Å². The smallest absolute Gasteiger partial charge is 0.156 e. The van der Waals surface area contributed by atoms with E-state index < -0.39 is 0 Å². The molecule has 0 bridgehead atoms. The van der Waals surface area contributed by atoms with Crippen molar-refractivity contribution in [3.05, 3.63) is 36.3 Å². The molecule has 0 N–H and O–H groups in total. The Bertz CT molecular complexity index is 458. The number of nitrogens with zero attached hydrogens (tertiary/aromatic N) is 4. The molecule has 0 aliphatic carbocycles. The summed E-state index contributed by atoms with van der Waals surface area (Å²) < 4.78 is 1.92. The summed E-state index contributed by atoms with van der Waals surface area (Å²) in [5, 5.41) is 0. The van der Waals surface area contributed by atoms with E-state index in [-0.39, 0.29) is 0 Å². The quantitative estimate of drug-likeness (QED) is 0.791. The standard InChI is InChI=1S/C12H16N4/c1-4-9(2)11-7-15-12(8-14-11)16-6-5-13-10(16)3/h5-9H,4H2,1-3H3.